The van der Waals surface area contributed by atoms with Gasteiger partial charge in [0.15, 0.2) is 5.69 Å². The van der Waals surface area contributed by atoms with Crippen LogP contribution in [0.4, 0.5) is 5.82 Å². The van der Waals surface area contributed by atoms with Crippen LogP contribution in [0.2, 0.25) is 0 Å². The summed E-state index contributed by atoms with van der Waals surface area (Å²) < 4.78 is 0. The maximum Gasteiger partial charge on any atom is 0.354 e. The van der Waals surface area contributed by atoms with Gasteiger partial charge in [-0.25, -0.2) is 9.78 Å². The van der Waals surface area contributed by atoms with Gasteiger partial charge in [0.25, 0.3) is 0 Å². The molecule has 0 atom stereocenters. The lowest BCUT2D eigenvalue weighted by Gasteiger charge is -2.21. The van der Waals surface area contributed by atoms with Crippen LogP contribution in [0, 0.1) is 5.92 Å². The largest absolute Gasteiger partial charge is 0.477 e. The minimum Gasteiger partial charge on any atom is -0.477 e. The van der Waals surface area contributed by atoms with E-state index in [1.54, 1.807) is 6.07 Å². The van der Waals surface area contributed by atoms with E-state index in [0.29, 0.717) is 0 Å². The molecular formula is C12H16N2O2. The second-order valence-corrected chi connectivity index (χ2v) is 4.17. The van der Waals surface area contributed by atoms with Crippen molar-refractivity contribution in [1.29, 1.82) is 0 Å². The molecule has 0 aliphatic heterocycles. The highest BCUT2D eigenvalue weighted by atomic mass is 16.4. The van der Waals surface area contributed by atoms with Gasteiger partial charge < -0.3 is 10.0 Å². The molecule has 1 aromatic rings. The van der Waals surface area contributed by atoms with E-state index < -0.39 is 5.97 Å². The van der Waals surface area contributed by atoms with Crippen molar-refractivity contribution in [2.45, 2.75) is 19.8 Å². The molecule has 0 radical (unpaired) electrons. The molecule has 1 N–H and O–H groups in total. The number of carboxylic acids is 1. The monoisotopic (exact) mass is 220 g/mol. The number of aromatic carboxylic acids is 1. The van der Waals surface area contributed by atoms with Crippen molar-refractivity contribution in [2.24, 2.45) is 5.92 Å². The molecule has 1 fully saturated rings. The summed E-state index contributed by atoms with van der Waals surface area (Å²) in [4.78, 5) is 17.1. The van der Waals surface area contributed by atoms with Crippen molar-refractivity contribution in [3.8, 4) is 0 Å². The average Bonchev–Trinajstić information content (AvgIpc) is 3.10. The Morgan fingerprint density at radius 2 is 2.31 bits per heavy atom. The van der Waals surface area contributed by atoms with Crippen LogP contribution in [0.1, 0.15) is 30.3 Å². The minimum atomic E-state index is -0.968. The molecule has 0 unspecified atom stereocenters. The van der Waals surface area contributed by atoms with Crippen LogP contribution in [0.15, 0.2) is 18.2 Å². The van der Waals surface area contributed by atoms with Crippen LogP contribution >= 0.6 is 0 Å². The van der Waals surface area contributed by atoms with Crippen LogP contribution < -0.4 is 4.90 Å². The van der Waals surface area contributed by atoms with Crippen molar-refractivity contribution < 1.29 is 9.90 Å². The predicted molar refractivity (Wildman–Crippen MR) is 61.8 cm³/mol. The van der Waals surface area contributed by atoms with Gasteiger partial charge in [-0.05, 0) is 37.8 Å². The van der Waals surface area contributed by atoms with Crippen molar-refractivity contribution in [3.63, 3.8) is 0 Å². The third-order valence-corrected chi connectivity index (χ3v) is 2.83. The first-order valence-corrected chi connectivity index (χ1v) is 5.66. The zero-order valence-electron chi connectivity index (χ0n) is 9.39. The molecule has 0 bridgehead atoms. The lowest BCUT2D eigenvalue weighted by Crippen LogP contribution is -2.26. The molecular weight excluding hydrogens is 204 g/mol. The van der Waals surface area contributed by atoms with E-state index in [0.717, 1.165) is 24.8 Å². The summed E-state index contributed by atoms with van der Waals surface area (Å²) in [5, 5.41) is 8.88. The molecule has 0 saturated heterocycles. The molecule has 1 aromatic heterocycles. The Labute approximate surface area is 94.9 Å². The van der Waals surface area contributed by atoms with Gasteiger partial charge in [0, 0.05) is 13.1 Å². The topological polar surface area (TPSA) is 53.4 Å². The van der Waals surface area contributed by atoms with Gasteiger partial charge in [0.05, 0.1) is 0 Å². The maximum atomic E-state index is 10.8. The van der Waals surface area contributed by atoms with Crippen LogP contribution in [0.25, 0.3) is 0 Å². The summed E-state index contributed by atoms with van der Waals surface area (Å²) in [7, 11) is 0. The molecule has 16 heavy (non-hydrogen) atoms. The first kappa shape index (κ1) is 10.9. The predicted octanol–water partition coefficient (Wildman–Crippen LogP) is 2.02. The highest BCUT2D eigenvalue weighted by Crippen LogP contribution is 2.30. The SMILES string of the molecule is CCN(CC1CC1)c1cccc(C(=O)O)n1. The first-order chi connectivity index (χ1) is 7.70. The van der Waals surface area contributed by atoms with Gasteiger partial charge in [-0.15, -0.1) is 0 Å². The number of hydrogen-bond donors (Lipinski definition) is 1. The summed E-state index contributed by atoms with van der Waals surface area (Å²) in [6.45, 7) is 3.93. The van der Waals surface area contributed by atoms with Crippen LogP contribution in [0.3, 0.4) is 0 Å². The van der Waals surface area contributed by atoms with E-state index >= 15 is 0 Å². The highest BCUT2D eigenvalue weighted by Gasteiger charge is 2.24. The molecule has 1 heterocycles. The van der Waals surface area contributed by atoms with E-state index in [4.69, 9.17) is 5.11 Å². The number of anilines is 1. The second-order valence-electron chi connectivity index (χ2n) is 4.17. The summed E-state index contributed by atoms with van der Waals surface area (Å²) in [5.74, 6) is 0.578. The number of carboxylic acid groups (broad SMARTS) is 1. The molecule has 1 aliphatic carbocycles. The lowest BCUT2D eigenvalue weighted by atomic mass is 10.3. The fourth-order valence-corrected chi connectivity index (χ4v) is 1.72. The number of rotatable bonds is 5. The Kier molecular flexibility index (Phi) is 3.08. The van der Waals surface area contributed by atoms with Crippen molar-refractivity contribution in [1.82, 2.24) is 4.98 Å². The Balaban J connectivity index is 2.15. The van der Waals surface area contributed by atoms with E-state index in [-0.39, 0.29) is 5.69 Å². The van der Waals surface area contributed by atoms with Crippen LogP contribution in [-0.4, -0.2) is 29.1 Å². The highest BCUT2D eigenvalue weighted by molar-refractivity contribution is 5.85. The van der Waals surface area contributed by atoms with Gasteiger partial charge in [-0.2, -0.15) is 0 Å². The Morgan fingerprint density at radius 1 is 1.56 bits per heavy atom. The van der Waals surface area contributed by atoms with Crippen LogP contribution in [-0.2, 0) is 0 Å². The van der Waals surface area contributed by atoms with Gasteiger partial charge >= 0.3 is 5.97 Å². The number of pyridine rings is 1. The van der Waals surface area contributed by atoms with Gasteiger partial charge in [-0.1, -0.05) is 6.07 Å². The lowest BCUT2D eigenvalue weighted by molar-refractivity contribution is 0.0690. The summed E-state index contributed by atoms with van der Waals surface area (Å²) in [5.41, 5.74) is 0.117. The van der Waals surface area contributed by atoms with Crippen molar-refractivity contribution in [3.05, 3.63) is 23.9 Å². The average molecular weight is 220 g/mol. The van der Waals surface area contributed by atoms with Crippen molar-refractivity contribution in [2.75, 3.05) is 18.0 Å². The molecule has 0 amide bonds. The first-order valence-electron chi connectivity index (χ1n) is 5.66. The number of nitrogens with zero attached hydrogens (tertiary/aromatic N) is 2. The Bertz CT molecular complexity index is 388. The standard InChI is InChI=1S/C12H16N2O2/c1-2-14(8-9-6-7-9)11-5-3-4-10(13-11)12(15)16/h3-5,9H,2,6-8H2,1H3,(H,15,16). The Hall–Kier alpha value is -1.58. The fraction of sp³-hybridized carbons (Fsp3) is 0.500. The van der Waals surface area contributed by atoms with E-state index in [9.17, 15) is 4.79 Å². The van der Waals surface area contributed by atoms with E-state index in [2.05, 4.69) is 16.8 Å². The van der Waals surface area contributed by atoms with E-state index in [1.165, 1.54) is 18.9 Å². The quantitative estimate of drug-likeness (QED) is 0.824. The zero-order valence-corrected chi connectivity index (χ0v) is 9.39. The molecule has 1 aliphatic rings. The molecule has 1 saturated carbocycles. The second kappa shape index (κ2) is 4.51. The maximum absolute atomic E-state index is 10.8. The normalized spacial score (nSPS) is 14.8. The molecule has 0 spiro atoms. The van der Waals surface area contributed by atoms with E-state index in [1.807, 2.05) is 6.07 Å². The third kappa shape index (κ3) is 2.51. The Morgan fingerprint density at radius 3 is 2.88 bits per heavy atom. The van der Waals surface area contributed by atoms with Gasteiger partial charge in [-0.3, -0.25) is 0 Å². The van der Waals surface area contributed by atoms with Crippen molar-refractivity contribution >= 4 is 11.8 Å². The summed E-state index contributed by atoms with van der Waals surface area (Å²) >= 11 is 0. The molecule has 0 aromatic carbocycles. The van der Waals surface area contributed by atoms with Crippen LogP contribution in [0.5, 0.6) is 0 Å². The summed E-state index contributed by atoms with van der Waals surface area (Å²) in [6.07, 6.45) is 2.57. The smallest absolute Gasteiger partial charge is 0.354 e. The number of hydrogen-bond acceptors (Lipinski definition) is 3. The molecule has 86 valence electrons. The minimum absolute atomic E-state index is 0.117. The van der Waals surface area contributed by atoms with Gasteiger partial charge in [0.1, 0.15) is 5.82 Å². The molecule has 4 heteroatoms. The number of carbonyl (C=O) groups is 1. The zero-order chi connectivity index (χ0) is 11.5. The van der Waals surface area contributed by atoms with Gasteiger partial charge in [0.2, 0.25) is 0 Å². The molecule has 2 rings (SSSR count). The summed E-state index contributed by atoms with van der Waals surface area (Å²) in [6, 6.07) is 5.15. The number of aromatic nitrogens is 1. The third-order valence-electron chi connectivity index (χ3n) is 2.83. The fourth-order valence-electron chi connectivity index (χ4n) is 1.72. The molecule has 4 nitrogen and oxygen atoms in total.